The highest BCUT2D eigenvalue weighted by atomic mass is 16.2. The number of nitrogens with one attached hydrogen (secondary N) is 2. The number of amides is 2. The van der Waals surface area contributed by atoms with E-state index in [-0.39, 0.29) is 0 Å². The third-order valence-electron chi connectivity index (χ3n) is 3.87. The highest BCUT2D eigenvalue weighted by molar-refractivity contribution is 6.43. The van der Waals surface area contributed by atoms with Crippen molar-refractivity contribution in [1.82, 2.24) is 0 Å². The number of hydrogen-bond acceptors (Lipinski definition) is 2. The van der Waals surface area contributed by atoms with E-state index in [2.05, 4.69) is 17.6 Å². The van der Waals surface area contributed by atoms with E-state index in [1.807, 2.05) is 50.2 Å². The Morgan fingerprint density at radius 3 is 2.21 bits per heavy atom. The maximum absolute atomic E-state index is 12.0. The van der Waals surface area contributed by atoms with Crippen molar-refractivity contribution < 1.29 is 9.59 Å². The molecule has 24 heavy (non-hydrogen) atoms. The van der Waals surface area contributed by atoms with Gasteiger partial charge in [-0.25, -0.2) is 0 Å². The van der Waals surface area contributed by atoms with E-state index in [4.69, 9.17) is 0 Å². The van der Waals surface area contributed by atoms with Gasteiger partial charge in [0.1, 0.15) is 0 Å². The molecule has 2 aromatic carbocycles. The molecule has 126 valence electrons. The van der Waals surface area contributed by atoms with E-state index >= 15 is 0 Å². The average molecular weight is 324 g/mol. The van der Waals surface area contributed by atoms with Crippen LogP contribution in [0.4, 0.5) is 11.4 Å². The Morgan fingerprint density at radius 1 is 0.917 bits per heavy atom. The van der Waals surface area contributed by atoms with Crippen LogP contribution in [0, 0.1) is 13.8 Å². The molecule has 0 saturated heterocycles. The van der Waals surface area contributed by atoms with Gasteiger partial charge in [-0.15, -0.1) is 0 Å². The summed E-state index contributed by atoms with van der Waals surface area (Å²) in [4.78, 5) is 24.1. The van der Waals surface area contributed by atoms with Crippen molar-refractivity contribution in [2.45, 2.75) is 40.0 Å². The van der Waals surface area contributed by atoms with Crippen LogP contribution in [0.3, 0.4) is 0 Å². The van der Waals surface area contributed by atoms with Crippen LogP contribution in [-0.4, -0.2) is 11.8 Å². The fourth-order valence-corrected chi connectivity index (χ4v) is 2.46. The van der Waals surface area contributed by atoms with Crippen LogP contribution in [0.25, 0.3) is 0 Å². The number of hydrogen-bond donors (Lipinski definition) is 2. The quantitative estimate of drug-likeness (QED) is 0.809. The number of unbranched alkanes of at least 4 members (excludes halogenated alkanes) is 1. The van der Waals surface area contributed by atoms with Gasteiger partial charge >= 0.3 is 11.8 Å². The summed E-state index contributed by atoms with van der Waals surface area (Å²) in [7, 11) is 0. The summed E-state index contributed by atoms with van der Waals surface area (Å²) in [6.07, 6.45) is 3.32. The smallest absolute Gasteiger partial charge is 0.314 e. The summed E-state index contributed by atoms with van der Waals surface area (Å²) in [5, 5.41) is 5.27. The molecule has 0 aromatic heterocycles. The Labute approximate surface area is 143 Å². The first-order valence-corrected chi connectivity index (χ1v) is 8.28. The number of carbonyl (C=O) groups excluding carboxylic acids is 2. The molecule has 4 nitrogen and oxygen atoms in total. The SMILES string of the molecule is CCCCc1ccc(NC(=O)C(=O)Nc2ccc(C)cc2C)cc1. The molecule has 0 atom stereocenters. The third-order valence-corrected chi connectivity index (χ3v) is 3.87. The van der Waals surface area contributed by atoms with Crippen molar-refractivity contribution in [3.63, 3.8) is 0 Å². The van der Waals surface area contributed by atoms with Gasteiger partial charge in [-0.2, -0.15) is 0 Å². The lowest BCUT2D eigenvalue weighted by Crippen LogP contribution is -2.29. The zero-order chi connectivity index (χ0) is 17.5. The molecule has 0 spiro atoms. The van der Waals surface area contributed by atoms with Gasteiger partial charge < -0.3 is 10.6 Å². The van der Waals surface area contributed by atoms with Gasteiger partial charge in [-0.3, -0.25) is 9.59 Å². The molecule has 0 aliphatic carbocycles. The van der Waals surface area contributed by atoms with Crippen LogP contribution in [0.5, 0.6) is 0 Å². The van der Waals surface area contributed by atoms with E-state index in [0.717, 1.165) is 30.4 Å². The molecule has 0 heterocycles. The maximum Gasteiger partial charge on any atom is 0.314 e. The van der Waals surface area contributed by atoms with Gasteiger partial charge in [0.15, 0.2) is 0 Å². The van der Waals surface area contributed by atoms with Gasteiger partial charge in [-0.1, -0.05) is 43.2 Å². The summed E-state index contributed by atoms with van der Waals surface area (Å²) in [5.41, 5.74) is 4.54. The van der Waals surface area contributed by atoms with Crippen LogP contribution < -0.4 is 10.6 Å². The molecule has 2 aromatic rings. The second-order valence-electron chi connectivity index (χ2n) is 6.03. The molecule has 0 saturated carbocycles. The minimum absolute atomic E-state index is 0.621. The largest absolute Gasteiger partial charge is 0.318 e. The number of benzene rings is 2. The number of anilines is 2. The van der Waals surface area contributed by atoms with E-state index < -0.39 is 11.8 Å². The number of rotatable bonds is 5. The molecule has 4 heteroatoms. The topological polar surface area (TPSA) is 58.2 Å². The predicted molar refractivity (Wildman–Crippen MR) is 98.2 cm³/mol. The first-order chi connectivity index (χ1) is 11.5. The zero-order valence-electron chi connectivity index (χ0n) is 14.5. The van der Waals surface area contributed by atoms with Crippen LogP contribution in [-0.2, 0) is 16.0 Å². The van der Waals surface area contributed by atoms with Crippen LogP contribution in [0.15, 0.2) is 42.5 Å². The Balaban J connectivity index is 1.94. The monoisotopic (exact) mass is 324 g/mol. The summed E-state index contributed by atoms with van der Waals surface area (Å²) < 4.78 is 0. The highest BCUT2D eigenvalue weighted by Gasteiger charge is 2.15. The van der Waals surface area contributed by atoms with E-state index in [0.29, 0.717) is 11.4 Å². The summed E-state index contributed by atoms with van der Waals surface area (Å²) in [6.45, 7) is 6.04. The predicted octanol–water partition coefficient (Wildman–Crippen LogP) is 4.22. The van der Waals surface area contributed by atoms with E-state index in [1.54, 1.807) is 6.07 Å². The molecule has 2 rings (SSSR count). The second kappa shape index (κ2) is 8.29. The van der Waals surface area contributed by atoms with Crippen molar-refractivity contribution in [2.75, 3.05) is 10.6 Å². The first kappa shape index (κ1) is 17.7. The molecular weight excluding hydrogens is 300 g/mol. The molecule has 0 aliphatic rings. The molecule has 0 bridgehead atoms. The lowest BCUT2D eigenvalue weighted by molar-refractivity contribution is -0.133. The minimum Gasteiger partial charge on any atom is -0.318 e. The van der Waals surface area contributed by atoms with E-state index in [1.165, 1.54) is 5.56 Å². The zero-order valence-corrected chi connectivity index (χ0v) is 14.5. The number of aryl methyl sites for hydroxylation is 3. The average Bonchev–Trinajstić information content (AvgIpc) is 2.56. The Hall–Kier alpha value is -2.62. The fourth-order valence-electron chi connectivity index (χ4n) is 2.46. The third kappa shape index (κ3) is 4.95. The van der Waals surface area contributed by atoms with Gasteiger partial charge in [0.2, 0.25) is 0 Å². The van der Waals surface area contributed by atoms with Crippen molar-refractivity contribution in [1.29, 1.82) is 0 Å². The lowest BCUT2D eigenvalue weighted by Gasteiger charge is -2.10. The van der Waals surface area contributed by atoms with Crippen molar-refractivity contribution in [3.05, 3.63) is 59.2 Å². The highest BCUT2D eigenvalue weighted by Crippen LogP contribution is 2.16. The molecule has 0 fully saturated rings. The second-order valence-corrected chi connectivity index (χ2v) is 6.03. The molecule has 0 unspecified atom stereocenters. The Kier molecular flexibility index (Phi) is 6.13. The summed E-state index contributed by atoms with van der Waals surface area (Å²) in [6, 6.07) is 13.3. The Morgan fingerprint density at radius 2 is 1.58 bits per heavy atom. The number of carbonyl (C=O) groups is 2. The van der Waals surface area contributed by atoms with Crippen molar-refractivity contribution in [2.24, 2.45) is 0 Å². The molecular formula is C20H24N2O2. The molecule has 0 aliphatic heterocycles. The van der Waals surface area contributed by atoms with E-state index in [9.17, 15) is 9.59 Å². The van der Waals surface area contributed by atoms with Gasteiger partial charge in [-0.05, 0) is 56.0 Å². The maximum atomic E-state index is 12.0. The summed E-state index contributed by atoms with van der Waals surface area (Å²) >= 11 is 0. The van der Waals surface area contributed by atoms with Gasteiger partial charge in [0.25, 0.3) is 0 Å². The van der Waals surface area contributed by atoms with Crippen LogP contribution in [0.2, 0.25) is 0 Å². The lowest BCUT2D eigenvalue weighted by atomic mass is 10.1. The van der Waals surface area contributed by atoms with Crippen LogP contribution in [0.1, 0.15) is 36.5 Å². The summed E-state index contributed by atoms with van der Waals surface area (Å²) in [5.74, 6) is -1.34. The molecule has 2 N–H and O–H groups in total. The minimum atomic E-state index is -0.670. The Bertz CT molecular complexity index is 721. The van der Waals surface area contributed by atoms with Gasteiger partial charge in [0, 0.05) is 11.4 Å². The van der Waals surface area contributed by atoms with Crippen molar-refractivity contribution in [3.8, 4) is 0 Å². The first-order valence-electron chi connectivity index (χ1n) is 8.28. The molecule has 0 radical (unpaired) electrons. The van der Waals surface area contributed by atoms with Crippen molar-refractivity contribution >= 4 is 23.2 Å². The normalized spacial score (nSPS) is 10.3. The van der Waals surface area contributed by atoms with Gasteiger partial charge in [0.05, 0.1) is 0 Å². The fraction of sp³-hybridized carbons (Fsp3) is 0.300. The standard InChI is InChI=1S/C20H24N2O2/c1-4-5-6-16-8-10-17(11-9-16)21-19(23)20(24)22-18-12-7-14(2)13-15(18)3/h7-13H,4-6H2,1-3H3,(H,21,23)(H,22,24). The van der Waals surface area contributed by atoms with Crippen LogP contribution >= 0.6 is 0 Å². The molecule has 2 amide bonds.